The van der Waals surface area contributed by atoms with Gasteiger partial charge in [0.1, 0.15) is 0 Å². The number of para-hydroxylation sites is 2. The number of carbonyl (C=O) groups excluding carboxylic acids is 2. The third-order valence-corrected chi connectivity index (χ3v) is 9.95. The summed E-state index contributed by atoms with van der Waals surface area (Å²) >= 11 is 0. The van der Waals surface area contributed by atoms with Gasteiger partial charge in [-0.25, -0.2) is 0 Å². The van der Waals surface area contributed by atoms with Gasteiger partial charge in [0.05, 0.1) is 30.2 Å². The van der Waals surface area contributed by atoms with Gasteiger partial charge in [-0.3, -0.25) is 14.5 Å². The molecule has 4 atom stereocenters. The summed E-state index contributed by atoms with van der Waals surface area (Å²) in [6.45, 7) is 5.51. The number of carbonyl (C=O) groups is 2. The molecule has 262 valence electrons. The van der Waals surface area contributed by atoms with Crippen LogP contribution in [0.4, 0.5) is 17.1 Å². The third kappa shape index (κ3) is 9.89. The number of nitrogen functional groups attached to an aromatic ring is 1. The number of likely N-dealkylation sites (tertiary alicyclic amines) is 2. The molecule has 0 spiro atoms. The van der Waals surface area contributed by atoms with Gasteiger partial charge in [-0.2, -0.15) is 0 Å². The number of anilines is 3. The number of ether oxygens (including phenoxy) is 2. The van der Waals surface area contributed by atoms with Gasteiger partial charge in [-0.15, -0.1) is 0 Å². The molecule has 2 amide bonds. The predicted octanol–water partition coefficient (Wildman–Crippen LogP) is 6.00. The molecule has 6 rings (SSSR count). The molecule has 0 radical (unpaired) electrons. The van der Waals surface area contributed by atoms with Gasteiger partial charge in [-0.1, -0.05) is 48.5 Å². The molecule has 5 N–H and O–H groups in total. The minimum absolute atomic E-state index is 0.00515. The molecule has 0 bridgehead atoms. The normalized spacial score (nSPS) is 23.0. The maximum atomic E-state index is 12.9. The molecule has 0 aromatic heterocycles. The standard InChI is InChI=1S/C39H51N5O5/c40-34-12-1-2-13-35(34)42-38(47)15-4-3-14-37(46)41-31-10-7-9-30(23-31)39-48-33(24-36(49-39)29-18-16-28(27-45)17-19-29)26-44-22-8-11-32(44)25-43-20-5-6-21-43/h1-2,7,9-10,12-13,16-19,23,32-33,36,39,45H,3-6,8,11,14-15,20-22,24-27,40H2,(H,41,46)(H,42,47)/t32-,33+,36-,39-/m0/s1. The molecule has 3 aromatic rings. The van der Waals surface area contributed by atoms with Crippen molar-refractivity contribution in [2.75, 3.05) is 49.1 Å². The summed E-state index contributed by atoms with van der Waals surface area (Å²) in [4.78, 5) is 30.4. The summed E-state index contributed by atoms with van der Waals surface area (Å²) in [5, 5.41) is 15.4. The maximum Gasteiger partial charge on any atom is 0.224 e. The van der Waals surface area contributed by atoms with Crippen LogP contribution in [0.25, 0.3) is 0 Å². The SMILES string of the molecule is Nc1ccccc1NC(=O)CCCCC(=O)Nc1cccc([C@H]2O[C@@H](CN3CCC[C@H]3CN3CCCC3)C[C@@H](c3ccc(CO)cc3)O2)c1. The van der Waals surface area contributed by atoms with Crippen molar-refractivity contribution in [1.29, 1.82) is 0 Å². The van der Waals surface area contributed by atoms with Gasteiger partial charge >= 0.3 is 0 Å². The number of rotatable bonds is 14. The Hall–Kier alpha value is -3.80. The van der Waals surface area contributed by atoms with Crippen molar-refractivity contribution in [2.24, 2.45) is 0 Å². The lowest BCUT2D eigenvalue weighted by Gasteiger charge is -2.39. The van der Waals surface area contributed by atoms with E-state index in [0.717, 1.165) is 42.7 Å². The van der Waals surface area contributed by atoms with Crippen molar-refractivity contribution < 1.29 is 24.2 Å². The molecule has 3 heterocycles. The fourth-order valence-electron chi connectivity index (χ4n) is 7.28. The molecular weight excluding hydrogens is 618 g/mol. The molecule has 3 aliphatic heterocycles. The highest BCUT2D eigenvalue weighted by molar-refractivity contribution is 5.94. The van der Waals surface area contributed by atoms with Crippen molar-refractivity contribution >= 4 is 28.9 Å². The Kier molecular flexibility index (Phi) is 12.3. The second-order valence-electron chi connectivity index (χ2n) is 13.7. The van der Waals surface area contributed by atoms with Gasteiger partial charge in [0, 0.05) is 49.6 Å². The zero-order valence-corrected chi connectivity index (χ0v) is 28.4. The van der Waals surface area contributed by atoms with E-state index in [1.165, 1.54) is 38.8 Å². The molecule has 0 aliphatic carbocycles. The molecule has 10 heteroatoms. The Labute approximate surface area is 289 Å². The third-order valence-electron chi connectivity index (χ3n) is 9.95. The molecule has 3 aliphatic rings. The number of nitrogens with one attached hydrogen (secondary N) is 2. The average molecular weight is 670 g/mol. The number of nitrogens with two attached hydrogens (primary N) is 1. The lowest BCUT2D eigenvalue weighted by atomic mass is 9.99. The quantitative estimate of drug-likeness (QED) is 0.122. The minimum atomic E-state index is -0.588. The first-order valence-electron chi connectivity index (χ1n) is 17.9. The highest BCUT2D eigenvalue weighted by Gasteiger charge is 2.36. The fraction of sp³-hybridized carbons (Fsp3) is 0.487. The van der Waals surface area contributed by atoms with E-state index in [-0.39, 0.29) is 30.6 Å². The zero-order valence-electron chi connectivity index (χ0n) is 28.4. The lowest BCUT2D eigenvalue weighted by molar-refractivity contribution is -0.253. The smallest absolute Gasteiger partial charge is 0.224 e. The minimum Gasteiger partial charge on any atom is -0.397 e. The van der Waals surface area contributed by atoms with E-state index < -0.39 is 6.29 Å². The van der Waals surface area contributed by atoms with Crippen molar-refractivity contribution in [3.05, 3.63) is 89.5 Å². The number of amides is 2. The summed E-state index contributed by atoms with van der Waals surface area (Å²) in [5.74, 6) is -0.223. The van der Waals surface area contributed by atoms with E-state index in [9.17, 15) is 14.7 Å². The van der Waals surface area contributed by atoms with E-state index in [0.29, 0.717) is 48.8 Å². The van der Waals surface area contributed by atoms with Gasteiger partial charge < -0.3 is 35.8 Å². The van der Waals surface area contributed by atoms with Crippen molar-refractivity contribution in [3.8, 4) is 0 Å². The number of hydrogen-bond acceptors (Lipinski definition) is 8. The number of nitrogens with zero attached hydrogens (tertiary/aromatic N) is 2. The average Bonchev–Trinajstić information content (AvgIpc) is 3.80. The van der Waals surface area contributed by atoms with Crippen LogP contribution in [0.3, 0.4) is 0 Å². The number of aliphatic hydroxyl groups excluding tert-OH is 1. The van der Waals surface area contributed by atoms with Crippen LogP contribution in [0.5, 0.6) is 0 Å². The second-order valence-corrected chi connectivity index (χ2v) is 13.7. The van der Waals surface area contributed by atoms with Crippen LogP contribution >= 0.6 is 0 Å². The summed E-state index contributed by atoms with van der Waals surface area (Å²) in [7, 11) is 0. The maximum absolute atomic E-state index is 12.9. The number of aliphatic hydroxyl groups is 1. The van der Waals surface area contributed by atoms with Gasteiger partial charge in [-0.05, 0) is 93.6 Å². The van der Waals surface area contributed by atoms with E-state index in [1.54, 1.807) is 12.1 Å². The summed E-state index contributed by atoms with van der Waals surface area (Å²) in [5.41, 5.74) is 10.5. The van der Waals surface area contributed by atoms with E-state index >= 15 is 0 Å². The van der Waals surface area contributed by atoms with Crippen molar-refractivity contribution in [3.63, 3.8) is 0 Å². The highest BCUT2D eigenvalue weighted by Crippen LogP contribution is 2.39. The van der Waals surface area contributed by atoms with Crippen LogP contribution in [0.2, 0.25) is 0 Å². The first-order chi connectivity index (χ1) is 23.9. The number of unbranched alkanes of at least 4 members (excludes halogenated alkanes) is 1. The first-order valence-corrected chi connectivity index (χ1v) is 17.9. The first kappa shape index (κ1) is 35.0. The topological polar surface area (TPSA) is 129 Å². The van der Waals surface area contributed by atoms with Crippen molar-refractivity contribution in [1.82, 2.24) is 9.80 Å². The largest absolute Gasteiger partial charge is 0.397 e. The number of benzene rings is 3. The van der Waals surface area contributed by atoms with Crippen molar-refractivity contribution in [2.45, 2.75) is 88.9 Å². The van der Waals surface area contributed by atoms with Crippen LogP contribution in [0, 0.1) is 0 Å². The Balaban J connectivity index is 1.05. The molecule has 0 unspecified atom stereocenters. The fourth-order valence-corrected chi connectivity index (χ4v) is 7.28. The highest BCUT2D eigenvalue weighted by atomic mass is 16.7. The zero-order chi connectivity index (χ0) is 34.0. The van der Waals surface area contributed by atoms with E-state index in [4.69, 9.17) is 15.2 Å². The molecular formula is C39H51N5O5. The molecule has 10 nitrogen and oxygen atoms in total. The molecule has 3 saturated heterocycles. The van der Waals surface area contributed by atoms with Crippen LogP contribution in [-0.4, -0.2) is 71.6 Å². The van der Waals surface area contributed by atoms with Crippen LogP contribution in [0.1, 0.15) is 86.9 Å². The summed E-state index contributed by atoms with van der Waals surface area (Å²) < 4.78 is 13.3. The van der Waals surface area contributed by atoms with Crippen LogP contribution < -0.4 is 16.4 Å². The summed E-state index contributed by atoms with van der Waals surface area (Å²) in [6.07, 6.45) is 6.83. The number of hydrogen-bond donors (Lipinski definition) is 4. The Morgan fingerprint density at radius 2 is 1.57 bits per heavy atom. The van der Waals surface area contributed by atoms with Crippen LogP contribution in [-0.2, 0) is 25.7 Å². The van der Waals surface area contributed by atoms with Gasteiger partial charge in [0.15, 0.2) is 6.29 Å². The molecule has 3 aromatic carbocycles. The van der Waals surface area contributed by atoms with E-state index in [1.807, 2.05) is 60.7 Å². The predicted molar refractivity (Wildman–Crippen MR) is 192 cm³/mol. The Morgan fingerprint density at radius 1 is 0.816 bits per heavy atom. The van der Waals surface area contributed by atoms with Crippen LogP contribution in [0.15, 0.2) is 72.8 Å². The molecule has 3 fully saturated rings. The Morgan fingerprint density at radius 3 is 2.33 bits per heavy atom. The molecule has 0 saturated carbocycles. The lowest BCUT2D eigenvalue weighted by Crippen LogP contribution is -2.45. The van der Waals surface area contributed by atoms with E-state index in [2.05, 4.69) is 20.4 Å². The second kappa shape index (κ2) is 17.2. The van der Waals surface area contributed by atoms with Gasteiger partial charge in [0.25, 0.3) is 0 Å². The Bertz CT molecular complexity index is 1530. The molecule has 49 heavy (non-hydrogen) atoms. The van der Waals surface area contributed by atoms with Gasteiger partial charge in [0.2, 0.25) is 11.8 Å². The summed E-state index contributed by atoms with van der Waals surface area (Å²) in [6, 6.07) is 23.4. The monoisotopic (exact) mass is 669 g/mol.